The molecule has 2 rings (SSSR count). The molecule has 1 atom stereocenters. The van der Waals surface area contributed by atoms with E-state index in [2.05, 4.69) is 16.0 Å². The molecule has 0 aromatic heterocycles. The monoisotopic (exact) mass is 263 g/mol. The molecule has 1 heterocycles. The number of ether oxygens (including phenoxy) is 1. The predicted molar refractivity (Wildman–Crippen MR) is 71.2 cm³/mol. The number of carbonyl (C=O) groups is 2. The van der Waals surface area contributed by atoms with Crippen molar-refractivity contribution in [3.8, 4) is 5.75 Å². The van der Waals surface area contributed by atoms with E-state index in [-0.39, 0.29) is 18.0 Å². The molecule has 3 amide bonds. The average molecular weight is 263 g/mol. The van der Waals surface area contributed by atoms with Gasteiger partial charge in [-0.1, -0.05) is 12.1 Å². The van der Waals surface area contributed by atoms with Gasteiger partial charge in [0.15, 0.2) is 0 Å². The van der Waals surface area contributed by atoms with E-state index in [9.17, 15) is 9.59 Å². The summed E-state index contributed by atoms with van der Waals surface area (Å²) in [5.74, 6) is 0.637. The first-order chi connectivity index (χ1) is 9.19. The van der Waals surface area contributed by atoms with Gasteiger partial charge in [0.05, 0.1) is 12.8 Å². The summed E-state index contributed by atoms with van der Waals surface area (Å²) in [4.78, 5) is 22.9. The molecule has 0 bridgehead atoms. The van der Waals surface area contributed by atoms with Crippen molar-refractivity contribution in [1.29, 1.82) is 0 Å². The second-order valence-electron chi connectivity index (χ2n) is 4.34. The lowest BCUT2D eigenvalue weighted by molar-refractivity contribution is -0.122. The average Bonchev–Trinajstić information content (AvgIpc) is 2.42. The van der Waals surface area contributed by atoms with Gasteiger partial charge in [-0.15, -0.1) is 0 Å². The molecule has 1 saturated heterocycles. The zero-order valence-electron chi connectivity index (χ0n) is 10.7. The van der Waals surface area contributed by atoms with Gasteiger partial charge in [0.2, 0.25) is 5.91 Å². The van der Waals surface area contributed by atoms with Crippen molar-refractivity contribution >= 4 is 17.6 Å². The minimum absolute atomic E-state index is 0.0307. The van der Waals surface area contributed by atoms with Gasteiger partial charge < -0.3 is 20.7 Å². The van der Waals surface area contributed by atoms with Gasteiger partial charge in [-0.25, -0.2) is 4.79 Å². The summed E-state index contributed by atoms with van der Waals surface area (Å²) in [7, 11) is 1.55. The van der Waals surface area contributed by atoms with Crippen LogP contribution in [-0.2, 0) is 4.79 Å². The molecule has 1 fully saturated rings. The van der Waals surface area contributed by atoms with E-state index in [0.29, 0.717) is 30.8 Å². The molecule has 1 unspecified atom stereocenters. The summed E-state index contributed by atoms with van der Waals surface area (Å²) in [6.45, 7) is 0.470. The van der Waals surface area contributed by atoms with E-state index in [1.54, 1.807) is 19.2 Å². The lowest BCUT2D eigenvalue weighted by Gasteiger charge is -2.23. The summed E-state index contributed by atoms with van der Waals surface area (Å²) >= 11 is 0. The van der Waals surface area contributed by atoms with Crippen LogP contribution in [0.4, 0.5) is 10.5 Å². The minimum atomic E-state index is -0.300. The number of methoxy groups -OCH3 is 1. The number of amides is 3. The molecule has 0 saturated carbocycles. The first-order valence-electron chi connectivity index (χ1n) is 6.16. The van der Waals surface area contributed by atoms with Crippen LogP contribution in [-0.4, -0.2) is 31.6 Å². The smallest absolute Gasteiger partial charge is 0.319 e. The second-order valence-corrected chi connectivity index (χ2v) is 4.34. The fourth-order valence-electron chi connectivity index (χ4n) is 1.95. The second kappa shape index (κ2) is 6.08. The number of para-hydroxylation sites is 2. The Bertz CT molecular complexity index is 466. The molecule has 6 heteroatoms. The molecule has 1 aromatic rings. The van der Waals surface area contributed by atoms with E-state index < -0.39 is 0 Å². The summed E-state index contributed by atoms with van der Waals surface area (Å²) < 4.78 is 5.15. The Kier molecular flexibility index (Phi) is 4.22. The quantitative estimate of drug-likeness (QED) is 0.764. The number of anilines is 1. The molecule has 6 nitrogen and oxygen atoms in total. The SMILES string of the molecule is COc1ccccc1NC(=O)NC1CCC(=O)NC1. The zero-order valence-corrected chi connectivity index (χ0v) is 10.7. The Balaban J connectivity index is 1.89. The fourth-order valence-corrected chi connectivity index (χ4v) is 1.95. The number of rotatable bonds is 3. The fraction of sp³-hybridized carbons (Fsp3) is 0.385. The molecular weight excluding hydrogens is 246 g/mol. The maximum atomic E-state index is 11.8. The van der Waals surface area contributed by atoms with Crippen molar-refractivity contribution in [2.24, 2.45) is 0 Å². The Morgan fingerprint density at radius 1 is 1.42 bits per heavy atom. The van der Waals surface area contributed by atoms with Crippen LogP contribution in [0.1, 0.15) is 12.8 Å². The first kappa shape index (κ1) is 13.2. The highest BCUT2D eigenvalue weighted by Gasteiger charge is 2.19. The van der Waals surface area contributed by atoms with Crippen molar-refractivity contribution in [1.82, 2.24) is 10.6 Å². The molecule has 1 aliphatic rings. The number of piperidine rings is 1. The molecular formula is C13H17N3O3. The van der Waals surface area contributed by atoms with E-state index in [4.69, 9.17) is 4.74 Å². The summed E-state index contributed by atoms with van der Waals surface area (Å²) in [6.07, 6.45) is 1.10. The molecule has 1 aliphatic heterocycles. The third-order valence-corrected chi connectivity index (χ3v) is 2.96. The highest BCUT2D eigenvalue weighted by Crippen LogP contribution is 2.22. The van der Waals surface area contributed by atoms with E-state index in [0.717, 1.165) is 0 Å². The Labute approximate surface area is 111 Å². The van der Waals surface area contributed by atoms with Crippen LogP contribution >= 0.6 is 0 Å². The third kappa shape index (κ3) is 3.61. The number of urea groups is 1. The van der Waals surface area contributed by atoms with Crippen molar-refractivity contribution in [3.63, 3.8) is 0 Å². The van der Waals surface area contributed by atoms with Crippen molar-refractivity contribution < 1.29 is 14.3 Å². The van der Waals surface area contributed by atoms with Crippen LogP contribution in [0.5, 0.6) is 5.75 Å². The van der Waals surface area contributed by atoms with E-state index in [1.807, 2.05) is 12.1 Å². The largest absolute Gasteiger partial charge is 0.495 e. The number of carbonyl (C=O) groups excluding carboxylic acids is 2. The molecule has 19 heavy (non-hydrogen) atoms. The van der Waals surface area contributed by atoms with Crippen LogP contribution in [0.25, 0.3) is 0 Å². The Morgan fingerprint density at radius 2 is 2.21 bits per heavy atom. The van der Waals surface area contributed by atoms with Crippen molar-refractivity contribution in [2.75, 3.05) is 19.0 Å². The number of hydrogen-bond donors (Lipinski definition) is 3. The van der Waals surface area contributed by atoms with Crippen molar-refractivity contribution in [3.05, 3.63) is 24.3 Å². The highest BCUT2D eigenvalue weighted by atomic mass is 16.5. The van der Waals surface area contributed by atoms with Crippen LogP contribution in [0, 0.1) is 0 Å². The summed E-state index contributed by atoms with van der Waals surface area (Å²) in [5.41, 5.74) is 0.613. The van der Waals surface area contributed by atoms with E-state index >= 15 is 0 Å². The summed E-state index contributed by atoms with van der Waals surface area (Å²) in [6, 6.07) is 6.85. The van der Waals surface area contributed by atoms with Gasteiger partial charge in [-0.2, -0.15) is 0 Å². The highest BCUT2D eigenvalue weighted by molar-refractivity contribution is 5.91. The Hall–Kier alpha value is -2.24. The molecule has 0 aliphatic carbocycles. The normalized spacial score (nSPS) is 18.4. The Morgan fingerprint density at radius 3 is 2.89 bits per heavy atom. The van der Waals surface area contributed by atoms with Crippen LogP contribution in [0.3, 0.4) is 0 Å². The van der Waals surface area contributed by atoms with Gasteiger partial charge in [0.1, 0.15) is 5.75 Å². The number of benzene rings is 1. The topological polar surface area (TPSA) is 79.5 Å². The molecule has 0 radical (unpaired) electrons. The molecule has 0 spiro atoms. The van der Waals surface area contributed by atoms with E-state index in [1.165, 1.54) is 0 Å². The van der Waals surface area contributed by atoms with Gasteiger partial charge in [0, 0.05) is 19.0 Å². The van der Waals surface area contributed by atoms with Crippen molar-refractivity contribution in [2.45, 2.75) is 18.9 Å². The maximum Gasteiger partial charge on any atom is 0.319 e. The third-order valence-electron chi connectivity index (χ3n) is 2.96. The first-order valence-corrected chi connectivity index (χ1v) is 6.16. The van der Waals surface area contributed by atoms with Gasteiger partial charge in [-0.05, 0) is 18.6 Å². The zero-order chi connectivity index (χ0) is 13.7. The number of nitrogens with one attached hydrogen (secondary N) is 3. The standard InChI is InChI=1S/C13H17N3O3/c1-19-11-5-3-2-4-10(11)16-13(18)15-9-6-7-12(17)14-8-9/h2-5,9H,6-8H2,1H3,(H,14,17)(H2,15,16,18). The maximum absolute atomic E-state index is 11.8. The number of hydrogen-bond acceptors (Lipinski definition) is 3. The van der Waals surface area contributed by atoms with Gasteiger partial charge >= 0.3 is 6.03 Å². The lowest BCUT2D eigenvalue weighted by Crippen LogP contribution is -2.48. The van der Waals surface area contributed by atoms with Crippen LogP contribution in [0.2, 0.25) is 0 Å². The molecule has 1 aromatic carbocycles. The minimum Gasteiger partial charge on any atom is -0.495 e. The summed E-state index contributed by atoms with van der Waals surface area (Å²) in [5, 5.41) is 8.27. The van der Waals surface area contributed by atoms with Gasteiger partial charge in [0.25, 0.3) is 0 Å². The predicted octanol–water partition coefficient (Wildman–Crippen LogP) is 1.10. The van der Waals surface area contributed by atoms with Gasteiger partial charge in [-0.3, -0.25) is 4.79 Å². The van der Waals surface area contributed by atoms with Crippen LogP contribution in [0.15, 0.2) is 24.3 Å². The lowest BCUT2D eigenvalue weighted by atomic mass is 10.1. The van der Waals surface area contributed by atoms with Crippen LogP contribution < -0.4 is 20.7 Å². The molecule has 102 valence electrons. The molecule has 3 N–H and O–H groups in total.